The molecule has 8 heteroatoms. The Kier molecular flexibility index (Phi) is 5.22. The van der Waals surface area contributed by atoms with Gasteiger partial charge in [0.1, 0.15) is 5.76 Å². The number of amides is 2. The number of fused-ring (bicyclic) bond motifs is 1. The predicted molar refractivity (Wildman–Crippen MR) is 88.8 cm³/mol. The summed E-state index contributed by atoms with van der Waals surface area (Å²) in [5, 5.41) is 20.8. The molecule has 25 heavy (non-hydrogen) atoms. The van der Waals surface area contributed by atoms with Crippen LogP contribution in [0.15, 0.2) is 47.2 Å². The van der Waals surface area contributed by atoms with Crippen LogP contribution < -0.4 is 0 Å². The summed E-state index contributed by atoms with van der Waals surface area (Å²) in [6.07, 6.45) is 0.932. The van der Waals surface area contributed by atoms with Gasteiger partial charge in [0.25, 0.3) is 5.91 Å². The summed E-state index contributed by atoms with van der Waals surface area (Å²) in [5.74, 6) is -0.602. The first-order valence-corrected chi connectivity index (χ1v) is 7.62. The van der Waals surface area contributed by atoms with E-state index in [1.54, 1.807) is 6.20 Å². The monoisotopic (exact) mass is 350 g/mol. The first kappa shape index (κ1) is 18.6. The zero-order valence-electron chi connectivity index (χ0n) is 14.6. The Labute approximate surface area is 145 Å². The number of nitrogens with zero attached hydrogens (tertiary/aromatic N) is 2. The number of aliphatic hydroxyl groups excluding tert-OH is 2. The third-order valence-electron chi connectivity index (χ3n) is 4.23. The van der Waals surface area contributed by atoms with Crippen molar-refractivity contribution < 1.29 is 29.3 Å². The maximum Gasteiger partial charge on any atom is 0.416 e. The second kappa shape index (κ2) is 7.02. The number of carbonyl (C=O) groups is 2. The summed E-state index contributed by atoms with van der Waals surface area (Å²) in [6.45, 7) is 7.08. The molecule has 136 valence electrons. The van der Waals surface area contributed by atoms with Crippen LogP contribution in [-0.4, -0.2) is 58.5 Å². The smallest absolute Gasteiger partial charge is 0.416 e. The molecule has 0 aliphatic carbocycles. The van der Waals surface area contributed by atoms with Gasteiger partial charge in [0.15, 0.2) is 12.0 Å². The molecule has 2 rings (SSSR count). The molecule has 0 unspecified atom stereocenters. The summed E-state index contributed by atoms with van der Waals surface area (Å²) in [4.78, 5) is 27.3. The largest absolute Gasteiger partial charge is 0.504 e. The van der Waals surface area contributed by atoms with Gasteiger partial charge in [0.05, 0.1) is 31.5 Å². The van der Waals surface area contributed by atoms with Crippen molar-refractivity contribution in [3.8, 4) is 0 Å². The molecule has 0 aromatic heterocycles. The molecule has 2 aliphatic rings. The van der Waals surface area contributed by atoms with E-state index in [1.807, 2.05) is 6.92 Å². The topological polar surface area (TPSA) is 99.5 Å². The molecule has 0 saturated carbocycles. The Morgan fingerprint density at radius 3 is 2.60 bits per heavy atom. The molecule has 2 heterocycles. The highest BCUT2D eigenvalue weighted by atomic mass is 16.5. The van der Waals surface area contributed by atoms with Gasteiger partial charge < -0.3 is 24.6 Å². The van der Waals surface area contributed by atoms with Crippen molar-refractivity contribution >= 4 is 12.0 Å². The van der Waals surface area contributed by atoms with E-state index in [9.17, 15) is 19.8 Å². The first-order valence-electron chi connectivity index (χ1n) is 7.62. The van der Waals surface area contributed by atoms with Crippen LogP contribution in [0.25, 0.3) is 0 Å². The molecule has 2 N–H and O–H groups in total. The van der Waals surface area contributed by atoms with Crippen LogP contribution in [0.3, 0.4) is 0 Å². The highest BCUT2D eigenvalue weighted by Crippen LogP contribution is 2.35. The van der Waals surface area contributed by atoms with Crippen molar-refractivity contribution in [2.24, 2.45) is 0 Å². The average Bonchev–Trinajstić information content (AvgIpc) is 2.97. The number of aliphatic hydroxyl groups is 2. The van der Waals surface area contributed by atoms with Crippen LogP contribution in [-0.2, 0) is 14.3 Å². The van der Waals surface area contributed by atoms with Gasteiger partial charge in [-0.05, 0) is 20.3 Å². The molecule has 8 nitrogen and oxygen atoms in total. The van der Waals surface area contributed by atoms with Crippen molar-refractivity contribution in [3.05, 3.63) is 47.2 Å². The lowest BCUT2D eigenvalue weighted by Crippen LogP contribution is -2.48. The molecule has 2 amide bonds. The minimum atomic E-state index is -1.37. The maximum absolute atomic E-state index is 12.7. The number of hydrogen-bond donors (Lipinski definition) is 2. The quantitative estimate of drug-likeness (QED) is 0.582. The van der Waals surface area contributed by atoms with Gasteiger partial charge in [-0.2, -0.15) is 0 Å². The van der Waals surface area contributed by atoms with Crippen molar-refractivity contribution in [2.75, 3.05) is 14.2 Å². The van der Waals surface area contributed by atoms with Crippen LogP contribution in [0.1, 0.15) is 20.3 Å². The Balaban J connectivity index is 2.62. The lowest BCUT2D eigenvalue weighted by Gasteiger charge is -2.31. The van der Waals surface area contributed by atoms with Gasteiger partial charge in [-0.15, -0.1) is 0 Å². The molecule has 2 atom stereocenters. The SMILES string of the molecule is C=C1C(=O)N2C=C(C)C[C@H]2[C@H](O)N(C(=O)OC)/C1=C/C(O)=C(\C)OC. The van der Waals surface area contributed by atoms with Gasteiger partial charge in [-0.1, -0.05) is 12.2 Å². The maximum atomic E-state index is 12.7. The second-order valence-corrected chi connectivity index (χ2v) is 5.87. The fourth-order valence-electron chi connectivity index (χ4n) is 2.79. The van der Waals surface area contributed by atoms with Gasteiger partial charge in [0, 0.05) is 12.3 Å². The highest BCUT2D eigenvalue weighted by Gasteiger charge is 2.45. The molecule has 0 bridgehead atoms. The molecule has 1 fully saturated rings. The minimum absolute atomic E-state index is 0.0568. The van der Waals surface area contributed by atoms with E-state index in [2.05, 4.69) is 6.58 Å². The average molecular weight is 350 g/mol. The molecular weight excluding hydrogens is 328 g/mol. The van der Waals surface area contributed by atoms with Crippen LogP contribution >= 0.6 is 0 Å². The van der Waals surface area contributed by atoms with Crippen molar-refractivity contribution in [2.45, 2.75) is 32.5 Å². The van der Waals surface area contributed by atoms with Gasteiger partial charge >= 0.3 is 6.09 Å². The van der Waals surface area contributed by atoms with Crippen LogP contribution in [0.5, 0.6) is 0 Å². The lowest BCUT2D eigenvalue weighted by atomic mass is 10.1. The predicted octanol–water partition coefficient (Wildman–Crippen LogP) is 1.77. The Hall–Kier alpha value is -2.74. The van der Waals surface area contributed by atoms with Crippen molar-refractivity contribution in [1.82, 2.24) is 9.80 Å². The van der Waals surface area contributed by atoms with Crippen molar-refractivity contribution in [3.63, 3.8) is 0 Å². The Bertz CT molecular complexity index is 706. The van der Waals surface area contributed by atoms with Crippen molar-refractivity contribution in [1.29, 1.82) is 0 Å². The van der Waals surface area contributed by atoms with Crippen LogP contribution in [0.4, 0.5) is 4.79 Å². The zero-order valence-corrected chi connectivity index (χ0v) is 14.6. The molecule has 0 aromatic carbocycles. The molecule has 2 aliphatic heterocycles. The molecule has 0 radical (unpaired) electrons. The van der Waals surface area contributed by atoms with Crippen LogP contribution in [0, 0.1) is 0 Å². The standard InChI is InChI=1S/C17H22N2O6/c1-9-6-13-16(22)19(17(23)25-5)12(7-14(20)11(3)24-4)10(2)15(21)18(13)8-9/h7-8,13,16,20,22H,2,6H2,1,3-5H3/b12-7+,14-11-/t13-,16-/m0/s1. The fraction of sp³-hybridized carbons (Fsp3) is 0.412. The molecule has 0 aromatic rings. The summed E-state index contributed by atoms with van der Waals surface area (Å²) >= 11 is 0. The number of carbonyl (C=O) groups excluding carboxylic acids is 2. The van der Waals surface area contributed by atoms with E-state index >= 15 is 0 Å². The van der Waals surface area contributed by atoms with Gasteiger partial charge in [-0.25, -0.2) is 9.69 Å². The van der Waals surface area contributed by atoms with E-state index in [-0.39, 0.29) is 22.8 Å². The third kappa shape index (κ3) is 3.25. The molecule has 0 spiro atoms. The second-order valence-electron chi connectivity index (χ2n) is 5.87. The summed E-state index contributed by atoms with van der Waals surface area (Å²) in [7, 11) is 2.53. The number of allylic oxidation sites excluding steroid dienone is 2. The van der Waals surface area contributed by atoms with E-state index in [4.69, 9.17) is 9.47 Å². The van der Waals surface area contributed by atoms with E-state index < -0.39 is 24.3 Å². The fourth-order valence-corrected chi connectivity index (χ4v) is 2.79. The summed E-state index contributed by atoms with van der Waals surface area (Å²) in [6, 6.07) is -0.663. The number of rotatable bonds is 2. The highest BCUT2D eigenvalue weighted by molar-refractivity contribution is 6.00. The summed E-state index contributed by atoms with van der Waals surface area (Å²) in [5.41, 5.74) is 0.771. The first-order chi connectivity index (χ1) is 11.7. The Morgan fingerprint density at radius 2 is 2.04 bits per heavy atom. The lowest BCUT2D eigenvalue weighted by molar-refractivity contribution is -0.127. The van der Waals surface area contributed by atoms with Crippen LogP contribution in [0.2, 0.25) is 0 Å². The molecular formula is C17H22N2O6. The number of methoxy groups -OCH3 is 2. The van der Waals surface area contributed by atoms with E-state index in [0.29, 0.717) is 6.42 Å². The summed E-state index contributed by atoms with van der Waals surface area (Å²) < 4.78 is 9.68. The zero-order chi connectivity index (χ0) is 18.9. The number of ether oxygens (including phenoxy) is 2. The Morgan fingerprint density at radius 1 is 1.40 bits per heavy atom. The molecule has 1 saturated heterocycles. The van der Waals surface area contributed by atoms with Gasteiger partial charge in [-0.3, -0.25) is 4.79 Å². The van der Waals surface area contributed by atoms with E-state index in [1.165, 1.54) is 18.9 Å². The normalized spacial score (nSPS) is 26.1. The number of hydrogen-bond acceptors (Lipinski definition) is 6. The van der Waals surface area contributed by atoms with E-state index in [0.717, 1.165) is 23.7 Å². The third-order valence-corrected chi connectivity index (χ3v) is 4.23. The van der Waals surface area contributed by atoms with Gasteiger partial charge in [0.2, 0.25) is 0 Å². The minimum Gasteiger partial charge on any atom is -0.504 e.